The molecule has 0 radical (unpaired) electrons. The van der Waals surface area contributed by atoms with E-state index in [2.05, 4.69) is 15.2 Å². The predicted octanol–water partition coefficient (Wildman–Crippen LogP) is 3.59. The maximum absolute atomic E-state index is 11.5. The summed E-state index contributed by atoms with van der Waals surface area (Å²) in [4.78, 5) is 0.130. The quantitative estimate of drug-likeness (QED) is 0.712. The van der Waals surface area contributed by atoms with Crippen LogP contribution in [-0.2, 0) is 12.6 Å². The Kier molecular flexibility index (Phi) is 4.63. The molecule has 14 heavy (non-hydrogen) atoms. The van der Waals surface area contributed by atoms with E-state index < -0.39 is 27.0 Å². The van der Waals surface area contributed by atoms with Crippen LogP contribution in [0.2, 0.25) is 0 Å². The molecule has 1 aromatic rings. The van der Waals surface area contributed by atoms with Gasteiger partial charge in [-0.05, 0) is 0 Å². The van der Waals surface area contributed by atoms with Crippen LogP contribution in [0.25, 0.3) is 0 Å². The molecule has 0 amide bonds. The molecule has 80 valence electrons. The Labute approximate surface area is 100 Å². The van der Waals surface area contributed by atoms with Crippen molar-refractivity contribution in [2.45, 2.75) is 11.8 Å². The molecular weight excluding hydrogens is 406 g/mol. The SMILES string of the molecule is Cc1ccc(S(=O)(=O)OI(Cl)Br)cc1. The van der Waals surface area contributed by atoms with Crippen molar-refractivity contribution in [3.8, 4) is 0 Å². The van der Waals surface area contributed by atoms with Gasteiger partial charge in [0.05, 0.1) is 0 Å². The van der Waals surface area contributed by atoms with Crippen LogP contribution in [-0.4, -0.2) is 8.42 Å². The molecule has 0 spiro atoms. The zero-order chi connectivity index (χ0) is 10.8. The molecule has 0 unspecified atom stereocenters. The number of aryl methyl sites for hydroxylation is 1. The van der Waals surface area contributed by atoms with Gasteiger partial charge in [0.2, 0.25) is 0 Å². The molecule has 0 saturated carbocycles. The Bertz CT molecular complexity index is 403. The van der Waals surface area contributed by atoms with Crippen molar-refractivity contribution in [2.75, 3.05) is 0 Å². The fraction of sp³-hybridized carbons (Fsp3) is 0.143. The standard InChI is InChI=1S/C7H7BrClIO3S/c1-6-2-4-7(5-3-6)14(11,12)13-10(8)9/h2-5H,1H3. The Morgan fingerprint density at radius 3 is 2.29 bits per heavy atom. The summed E-state index contributed by atoms with van der Waals surface area (Å²) in [6.07, 6.45) is 0. The molecule has 0 saturated heterocycles. The molecule has 7 heteroatoms. The molecule has 0 aromatic heterocycles. The number of hydrogen-bond acceptors (Lipinski definition) is 3. The van der Waals surface area contributed by atoms with Crippen LogP contribution in [0.1, 0.15) is 5.56 Å². The van der Waals surface area contributed by atoms with Gasteiger partial charge in [-0.25, -0.2) is 0 Å². The molecule has 0 fully saturated rings. The van der Waals surface area contributed by atoms with Gasteiger partial charge in [0.25, 0.3) is 0 Å². The van der Waals surface area contributed by atoms with Crippen LogP contribution in [0.5, 0.6) is 0 Å². The number of hydrogen-bond donors (Lipinski definition) is 0. The Morgan fingerprint density at radius 2 is 1.86 bits per heavy atom. The fourth-order valence-corrected chi connectivity index (χ4v) is 7.08. The molecular formula is C7H7BrClIO3S. The number of benzene rings is 1. The number of rotatable bonds is 3. The van der Waals surface area contributed by atoms with E-state index in [0.29, 0.717) is 0 Å². The molecule has 0 N–H and O–H groups in total. The maximum atomic E-state index is 11.5. The molecule has 3 nitrogen and oxygen atoms in total. The van der Waals surface area contributed by atoms with Gasteiger partial charge < -0.3 is 0 Å². The van der Waals surface area contributed by atoms with E-state index in [9.17, 15) is 8.42 Å². The van der Waals surface area contributed by atoms with Gasteiger partial charge in [0, 0.05) is 0 Å². The van der Waals surface area contributed by atoms with Gasteiger partial charge >= 0.3 is 101 Å². The van der Waals surface area contributed by atoms with Crippen molar-refractivity contribution in [1.82, 2.24) is 0 Å². The first kappa shape index (κ1) is 12.7. The van der Waals surface area contributed by atoms with Crippen molar-refractivity contribution in [2.24, 2.45) is 0 Å². The van der Waals surface area contributed by atoms with Gasteiger partial charge in [-0.1, -0.05) is 0 Å². The summed E-state index contributed by atoms with van der Waals surface area (Å²) >= 11 is 0.504. The summed E-state index contributed by atoms with van der Waals surface area (Å²) in [6, 6.07) is 6.40. The van der Waals surface area contributed by atoms with Crippen LogP contribution >= 0.6 is 38.5 Å². The first-order chi connectivity index (χ1) is 6.42. The zero-order valence-corrected chi connectivity index (χ0v) is 12.4. The average Bonchev–Trinajstić information content (AvgIpc) is 2.02. The molecule has 1 rings (SSSR count). The third-order valence-electron chi connectivity index (χ3n) is 1.44. The minimum absolute atomic E-state index is 0.130. The van der Waals surface area contributed by atoms with Crippen LogP contribution in [0.15, 0.2) is 29.2 Å². The Morgan fingerprint density at radius 1 is 1.36 bits per heavy atom. The summed E-state index contributed by atoms with van der Waals surface area (Å²) in [5.41, 5.74) is 0.990. The Balaban J connectivity index is 2.99. The van der Waals surface area contributed by atoms with E-state index >= 15 is 0 Å². The van der Waals surface area contributed by atoms with E-state index in [0.717, 1.165) is 5.56 Å². The van der Waals surface area contributed by atoms with Gasteiger partial charge in [-0.15, -0.1) is 0 Å². The number of halogens is 3. The van der Waals surface area contributed by atoms with Gasteiger partial charge in [-0.2, -0.15) is 0 Å². The Hall–Kier alpha value is 0.630. The molecule has 0 aliphatic heterocycles. The summed E-state index contributed by atoms with van der Waals surface area (Å²) in [6.45, 7) is 1.88. The van der Waals surface area contributed by atoms with Crippen LogP contribution in [0, 0.1) is 6.92 Å². The van der Waals surface area contributed by atoms with Crippen molar-refractivity contribution < 1.29 is 10.9 Å². The van der Waals surface area contributed by atoms with E-state index in [-0.39, 0.29) is 4.90 Å². The third-order valence-corrected chi connectivity index (χ3v) is 7.76. The molecule has 0 atom stereocenters. The summed E-state index contributed by atoms with van der Waals surface area (Å²) < 4.78 is 27.6. The molecule has 1 aromatic carbocycles. The van der Waals surface area contributed by atoms with Crippen LogP contribution in [0.3, 0.4) is 0 Å². The first-order valence-corrected chi connectivity index (χ1v) is 13.3. The average molecular weight is 413 g/mol. The predicted molar refractivity (Wildman–Crippen MR) is 68.2 cm³/mol. The zero-order valence-electron chi connectivity index (χ0n) is 7.08. The van der Waals surface area contributed by atoms with Crippen molar-refractivity contribution in [3.05, 3.63) is 29.8 Å². The van der Waals surface area contributed by atoms with Crippen LogP contribution < -0.4 is 0 Å². The minimum atomic E-state index is -3.69. The second kappa shape index (κ2) is 5.11. The van der Waals surface area contributed by atoms with E-state index in [1.807, 2.05) is 6.92 Å². The second-order valence-electron chi connectivity index (χ2n) is 2.50. The van der Waals surface area contributed by atoms with Crippen molar-refractivity contribution >= 4 is 48.6 Å². The van der Waals surface area contributed by atoms with Gasteiger partial charge in [0.15, 0.2) is 0 Å². The van der Waals surface area contributed by atoms with E-state index in [1.54, 1.807) is 12.1 Å². The monoisotopic (exact) mass is 412 g/mol. The van der Waals surface area contributed by atoms with Crippen molar-refractivity contribution in [1.29, 1.82) is 0 Å². The second-order valence-corrected chi connectivity index (χ2v) is 13.8. The first-order valence-electron chi connectivity index (χ1n) is 3.47. The molecule has 0 aliphatic carbocycles. The molecule has 0 bridgehead atoms. The fourth-order valence-electron chi connectivity index (χ4n) is 0.804. The van der Waals surface area contributed by atoms with Gasteiger partial charge in [0.1, 0.15) is 0 Å². The molecule has 0 aliphatic rings. The van der Waals surface area contributed by atoms with Crippen LogP contribution in [0.4, 0.5) is 0 Å². The normalized spacial score (nSPS) is 12.6. The van der Waals surface area contributed by atoms with E-state index in [4.69, 9.17) is 8.91 Å². The summed E-state index contributed by atoms with van der Waals surface area (Å²) in [5, 5.41) is 0. The van der Waals surface area contributed by atoms with Crippen molar-refractivity contribution in [3.63, 3.8) is 0 Å². The third kappa shape index (κ3) is 3.65. The van der Waals surface area contributed by atoms with E-state index in [1.165, 1.54) is 12.1 Å². The summed E-state index contributed by atoms with van der Waals surface area (Å²) in [7, 11) is 1.83. The summed E-state index contributed by atoms with van der Waals surface area (Å²) in [5.74, 6) is 0. The molecule has 0 heterocycles. The topological polar surface area (TPSA) is 43.4 Å². The van der Waals surface area contributed by atoms with Gasteiger partial charge in [-0.3, -0.25) is 0 Å².